The third kappa shape index (κ3) is 1.99. The Morgan fingerprint density at radius 3 is 2.62 bits per heavy atom. The largest absolute Gasteiger partial charge is 0.505 e. The lowest BCUT2D eigenvalue weighted by atomic mass is 10.2. The maximum atomic E-state index is 11.8. The van der Waals surface area contributed by atoms with Gasteiger partial charge in [0.25, 0.3) is 0 Å². The minimum Gasteiger partial charge on any atom is -0.505 e. The average Bonchev–Trinajstić information content (AvgIpc) is 2.06. The summed E-state index contributed by atoms with van der Waals surface area (Å²) in [6.07, 6.45) is 0. The van der Waals surface area contributed by atoms with Gasteiger partial charge in [-0.1, -0.05) is 6.07 Å². The monoisotopic (exact) mass is 189 g/mol. The van der Waals surface area contributed by atoms with Crippen LogP contribution in [0.3, 0.4) is 0 Å². The normalized spacial score (nSPS) is 10.5. The van der Waals surface area contributed by atoms with Gasteiger partial charge in [0.1, 0.15) is 11.4 Å². The summed E-state index contributed by atoms with van der Waals surface area (Å²) < 4.78 is 27.6. The molecule has 13 heavy (non-hydrogen) atoms. The minimum absolute atomic E-state index is 0.166. The van der Waals surface area contributed by atoms with Gasteiger partial charge in [-0.15, -0.1) is 0 Å². The molecule has 1 aromatic carbocycles. The zero-order valence-corrected chi connectivity index (χ0v) is 6.92. The molecule has 0 saturated carbocycles. The van der Waals surface area contributed by atoms with Gasteiger partial charge in [0.2, 0.25) is 0 Å². The van der Waals surface area contributed by atoms with Crippen molar-refractivity contribution in [1.29, 1.82) is 0 Å². The zero-order valence-electron chi connectivity index (χ0n) is 6.92. The molecule has 3 nitrogen and oxygen atoms in total. The molecule has 0 amide bonds. The molecule has 5 heteroatoms. The first-order chi connectivity index (χ1) is 6.02. The molecule has 0 heterocycles. The van der Waals surface area contributed by atoms with Gasteiger partial charge < -0.3 is 15.6 Å². The molecule has 0 aliphatic heterocycles. The molecule has 0 saturated heterocycles. The van der Waals surface area contributed by atoms with Crippen molar-refractivity contribution in [2.24, 2.45) is 0 Å². The highest BCUT2D eigenvalue weighted by Gasteiger charge is 2.11. The number of hydrogen-bond donors (Lipinski definition) is 2. The van der Waals surface area contributed by atoms with Gasteiger partial charge in [-0.3, -0.25) is 0 Å². The first-order valence-corrected chi connectivity index (χ1v) is 3.55. The summed E-state index contributed by atoms with van der Waals surface area (Å²) in [7, 11) is 0. The number of hydrogen-bond acceptors (Lipinski definition) is 3. The fourth-order valence-corrected chi connectivity index (χ4v) is 0.897. The highest BCUT2D eigenvalue weighted by atomic mass is 19.3. The van der Waals surface area contributed by atoms with Crippen LogP contribution < -0.4 is 10.5 Å². The summed E-state index contributed by atoms with van der Waals surface area (Å²) in [5, 5.41) is 9.25. The Bertz CT molecular complexity index is 315. The molecule has 0 aliphatic rings. The predicted octanol–water partition coefficient (Wildman–Crippen LogP) is 1.88. The third-order valence-electron chi connectivity index (χ3n) is 1.59. The number of nitrogen functional groups attached to an aromatic ring is 1. The number of anilines is 1. The van der Waals surface area contributed by atoms with Crippen molar-refractivity contribution in [2.45, 2.75) is 13.5 Å². The number of aromatic hydroxyl groups is 1. The van der Waals surface area contributed by atoms with Crippen molar-refractivity contribution < 1.29 is 18.6 Å². The van der Waals surface area contributed by atoms with E-state index in [9.17, 15) is 13.9 Å². The van der Waals surface area contributed by atoms with Crippen LogP contribution in [0.25, 0.3) is 0 Å². The summed E-state index contributed by atoms with van der Waals surface area (Å²) in [5.74, 6) is -0.434. The molecule has 72 valence electrons. The fourth-order valence-electron chi connectivity index (χ4n) is 0.897. The topological polar surface area (TPSA) is 55.5 Å². The SMILES string of the molecule is Cc1ccc(OC(F)F)c(N)c1O. The molecule has 3 N–H and O–H groups in total. The van der Waals surface area contributed by atoms with Gasteiger partial charge >= 0.3 is 6.61 Å². The second kappa shape index (κ2) is 3.47. The Balaban J connectivity index is 3.04. The van der Waals surface area contributed by atoms with Crippen LogP contribution >= 0.6 is 0 Å². The highest BCUT2D eigenvalue weighted by molar-refractivity contribution is 5.64. The van der Waals surface area contributed by atoms with E-state index in [-0.39, 0.29) is 17.2 Å². The van der Waals surface area contributed by atoms with Crippen molar-refractivity contribution in [2.75, 3.05) is 5.73 Å². The van der Waals surface area contributed by atoms with Gasteiger partial charge in [0, 0.05) is 0 Å². The zero-order chi connectivity index (χ0) is 10.0. The summed E-state index contributed by atoms with van der Waals surface area (Å²) >= 11 is 0. The number of phenols is 1. The standard InChI is InChI=1S/C8H9F2NO2/c1-4-2-3-5(13-8(9)10)6(11)7(4)12/h2-3,8,12H,11H2,1H3. The van der Waals surface area contributed by atoms with E-state index in [1.807, 2.05) is 0 Å². The van der Waals surface area contributed by atoms with Crippen LogP contribution in [-0.4, -0.2) is 11.7 Å². The molecule has 0 aliphatic carbocycles. The van der Waals surface area contributed by atoms with E-state index >= 15 is 0 Å². The lowest BCUT2D eigenvalue weighted by molar-refractivity contribution is -0.0494. The van der Waals surface area contributed by atoms with Crippen molar-refractivity contribution in [1.82, 2.24) is 0 Å². The van der Waals surface area contributed by atoms with Crippen molar-refractivity contribution >= 4 is 5.69 Å². The lowest BCUT2D eigenvalue weighted by Gasteiger charge is -2.09. The number of halogens is 2. The Kier molecular flexibility index (Phi) is 2.55. The quantitative estimate of drug-likeness (QED) is 0.551. The summed E-state index contributed by atoms with van der Waals surface area (Å²) in [6, 6.07) is 2.74. The Morgan fingerprint density at radius 2 is 2.08 bits per heavy atom. The molecule has 0 radical (unpaired) electrons. The van der Waals surface area contributed by atoms with Crippen molar-refractivity contribution in [3.63, 3.8) is 0 Å². The van der Waals surface area contributed by atoms with E-state index in [1.54, 1.807) is 6.92 Å². The van der Waals surface area contributed by atoms with Gasteiger partial charge in [0.15, 0.2) is 5.75 Å². The van der Waals surface area contributed by atoms with Crippen LogP contribution in [0.2, 0.25) is 0 Å². The van der Waals surface area contributed by atoms with Crippen LogP contribution in [-0.2, 0) is 0 Å². The summed E-state index contributed by atoms with van der Waals surface area (Å²) in [6.45, 7) is -1.33. The molecular weight excluding hydrogens is 180 g/mol. The summed E-state index contributed by atoms with van der Waals surface area (Å²) in [4.78, 5) is 0. The van der Waals surface area contributed by atoms with E-state index in [4.69, 9.17) is 5.73 Å². The maximum Gasteiger partial charge on any atom is 0.387 e. The third-order valence-corrected chi connectivity index (χ3v) is 1.59. The molecule has 0 bridgehead atoms. The number of phenolic OH excluding ortho intramolecular Hbond substituents is 1. The van der Waals surface area contributed by atoms with Gasteiger partial charge in [-0.25, -0.2) is 0 Å². The Morgan fingerprint density at radius 1 is 1.46 bits per heavy atom. The molecule has 1 rings (SSSR count). The van der Waals surface area contributed by atoms with E-state index in [0.717, 1.165) is 0 Å². The number of nitrogens with two attached hydrogens (primary N) is 1. The average molecular weight is 189 g/mol. The Hall–Kier alpha value is -1.52. The van der Waals surface area contributed by atoms with Crippen LogP contribution in [0.15, 0.2) is 12.1 Å². The number of alkyl halides is 2. The number of rotatable bonds is 2. The van der Waals surface area contributed by atoms with E-state index in [0.29, 0.717) is 5.56 Å². The molecule has 0 fully saturated rings. The molecule has 1 aromatic rings. The number of ether oxygens (including phenoxy) is 1. The first kappa shape index (κ1) is 9.57. The van der Waals surface area contributed by atoms with Gasteiger partial charge in [0.05, 0.1) is 0 Å². The maximum absolute atomic E-state index is 11.8. The van der Waals surface area contributed by atoms with Crippen LogP contribution in [0, 0.1) is 6.92 Å². The number of aryl methyl sites for hydroxylation is 1. The Labute approximate surface area is 73.7 Å². The van der Waals surface area contributed by atoms with Crippen molar-refractivity contribution in [3.8, 4) is 11.5 Å². The lowest BCUT2D eigenvalue weighted by Crippen LogP contribution is -2.04. The van der Waals surface area contributed by atoms with E-state index in [2.05, 4.69) is 4.74 Å². The first-order valence-electron chi connectivity index (χ1n) is 3.55. The molecule has 0 aromatic heterocycles. The smallest absolute Gasteiger partial charge is 0.387 e. The number of benzene rings is 1. The predicted molar refractivity (Wildman–Crippen MR) is 43.9 cm³/mol. The van der Waals surface area contributed by atoms with Crippen molar-refractivity contribution in [3.05, 3.63) is 17.7 Å². The van der Waals surface area contributed by atoms with Crippen LogP contribution in [0.5, 0.6) is 11.5 Å². The van der Waals surface area contributed by atoms with Crippen LogP contribution in [0.1, 0.15) is 5.56 Å². The van der Waals surface area contributed by atoms with Gasteiger partial charge in [-0.2, -0.15) is 8.78 Å². The van der Waals surface area contributed by atoms with Crippen LogP contribution in [0.4, 0.5) is 14.5 Å². The second-order valence-electron chi connectivity index (χ2n) is 2.52. The van der Waals surface area contributed by atoms with E-state index < -0.39 is 6.61 Å². The highest BCUT2D eigenvalue weighted by Crippen LogP contribution is 2.34. The molecule has 0 unspecified atom stereocenters. The molecular formula is C8H9F2NO2. The van der Waals surface area contributed by atoms with Gasteiger partial charge in [-0.05, 0) is 18.6 Å². The van der Waals surface area contributed by atoms with E-state index in [1.165, 1.54) is 12.1 Å². The summed E-state index contributed by atoms with van der Waals surface area (Å²) in [5.41, 5.74) is 5.67. The fraction of sp³-hybridized carbons (Fsp3) is 0.250. The second-order valence-corrected chi connectivity index (χ2v) is 2.52. The molecule has 0 atom stereocenters. The minimum atomic E-state index is -2.94. The molecule has 0 spiro atoms.